The summed E-state index contributed by atoms with van der Waals surface area (Å²) in [4.78, 5) is 31.0. The van der Waals surface area contributed by atoms with Gasteiger partial charge in [0.25, 0.3) is 5.91 Å². The summed E-state index contributed by atoms with van der Waals surface area (Å²) < 4.78 is 13.5. The Morgan fingerprint density at radius 2 is 1.87 bits per heavy atom. The van der Waals surface area contributed by atoms with Gasteiger partial charge in [-0.05, 0) is 60.7 Å². The first-order valence-electron chi connectivity index (χ1n) is 10.2. The Labute approximate surface area is 180 Å². The van der Waals surface area contributed by atoms with Gasteiger partial charge in [0, 0.05) is 49.1 Å². The molecule has 1 aliphatic rings. The lowest BCUT2D eigenvalue weighted by atomic mass is 9.94. The van der Waals surface area contributed by atoms with Gasteiger partial charge in [-0.2, -0.15) is 0 Å². The minimum absolute atomic E-state index is 0.0985. The number of carbonyl (C=O) groups is 2. The van der Waals surface area contributed by atoms with E-state index in [9.17, 15) is 14.0 Å². The fourth-order valence-electron chi connectivity index (χ4n) is 4.23. The first-order chi connectivity index (χ1) is 14.8. The summed E-state index contributed by atoms with van der Waals surface area (Å²) in [5, 5.41) is 2.91. The van der Waals surface area contributed by atoms with Crippen LogP contribution < -0.4 is 10.2 Å². The molecule has 5 nitrogen and oxygen atoms in total. The molecule has 0 unspecified atom stereocenters. The number of anilines is 1. The Kier molecular flexibility index (Phi) is 5.55. The second-order valence-electron chi connectivity index (χ2n) is 7.95. The van der Waals surface area contributed by atoms with Gasteiger partial charge in [0.2, 0.25) is 5.91 Å². The molecule has 3 aromatic rings. The van der Waals surface area contributed by atoms with Crippen molar-refractivity contribution in [2.45, 2.75) is 33.2 Å². The van der Waals surface area contributed by atoms with Gasteiger partial charge >= 0.3 is 0 Å². The molecule has 0 saturated carbocycles. The number of amides is 2. The highest BCUT2D eigenvalue weighted by Crippen LogP contribution is 2.37. The van der Waals surface area contributed by atoms with E-state index in [1.165, 1.54) is 12.1 Å². The van der Waals surface area contributed by atoms with E-state index in [4.69, 9.17) is 0 Å². The number of carbonyl (C=O) groups excluding carboxylic acids is 2. The maximum atomic E-state index is 13.5. The van der Waals surface area contributed by atoms with E-state index in [0.717, 1.165) is 34.4 Å². The van der Waals surface area contributed by atoms with Crippen molar-refractivity contribution in [3.8, 4) is 11.1 Å². The van der Waals surface area contributed by atoms with Crippen molar-refractivity contribution in [1.82, 2.24) is 10.3 Å². The van der Waals surface area contributed by atoms with E-state index in [1.807, 2.05) is 24.3 Å². The third-order valence-electron chi connectivity index (χ3n) is 5.72. The van der Waals surface area contributed by atoms with Crippen molar-refractivity contribution in [1.29, 1.82) is 0 Å². The molecule has 2 aromatic carbocycles. The number of benzene rings is 2. The molecule has 1 aromatic heterocycles. The molecule has 0 spiro atoms. The van der Waals surface area contributed by atoms with Crippen LogP contribution in [0.15, 0.2) is 48.8 Å². The maximum Gasteiger partial charge on any atom is 0.252 e. The number of nitrogens with one attached hydrogen (secondary N) is 1. The number of fused-ring (bicyclic) bond motifs is 1. The zero-order valence-electron chi connectivity index (χ0n) is 17.8. The zero-order chi connectivity index (χ0) is 22.1. The van der Waals surface area contributed by atoms with Crippen LogP contribution in [-0.4, -0.2) is 23.8 Å². The second kappa shape index (κ2) is 8.30. The Hall–Kier alpha value is -3.54. The van der Waals surface area contributed by atoms with E-state index in [0.29, 0.717) is 29.7 Å². The monoisotopic (exact) mass is 417 g/mol. The maximum absolute atomic E-state index is 13.5. The minimum atomic E-state index is -0.349. The van der Waals surface area contributed by atoms with Gasteiger partial charge in [0.15, 0.2) is 0 Å². The summed E-state index contributed by atoms with van der Waals surface area (Å²) in [7, 11) is 1.80. The van der Waals surface area contributed by atoms with E-state index in [2.05, 4.69) is 10.3 Å². The van der Waals surface area contributed by atoms with Crippen molar-refractivity contribution < 1.29 is 14.0 Å². The number of halogens is 1. The average Bonchev–Trinajstić information content (AvgIpc) is 2.74. The molecular formula is C25H24FN3O2. The van der Waals surface area contributed by atoms with Crippen LogP contribution in [0.2, 0.25) is 0 Å². The molecule has 0 bridgehead atoms. The molecule has 0 radical (unpaired) electrons. The summed E-state index contributed by atoms with van der Waals surface area (Å²) in [6, 6.07) is 10.7. The zero-order valence-corrected chi connectivity index (χ0v) is 17.8. The lowest BCUT2D eigenvalue weighted by Crippen LogP contribution is -2.31. The van der Waals surface area contributed by atoms with Crippen molar-refractivity contribution in [3.05, 3.63) is 82.4 Å². The molecule has 1 N–H and O–H groups in total. The van der Waals surface area contributed by atoms with Gasteiger partial charge in [-0.15, -0.1) is 0 Å². The van der Waals surface area contributed by atoms with Gasteiger partial charge in [-0.1, -0.05) is 18.2 Å². The van der Waals surface area contributed by atoms with Crippen molar-refractivity contribution >= 4 is 17.5 Å². The summed E-state index contributed by atoms with van der Waals surface area (Å²) in [5.41, 5.74) is 6.42. The fraction of sp³-hybridized carbons (Fsp3) is 0.240. The number of hydrogen-bond donors (Lipinski definition) is 1. The van der Waals surface area contributed by atoms with E-state index < -0.39 is 0 Å². The SMILES string of the molecule is Cc1cc(F)cc(C)c1C(=O)NCc1cncc(-c2cccc3c2N(C)C(=O)CC3)c1. The number of nitrogens with zero attached hydrogens (tertiary/aromatic N) is 2. The standard InChI is InChI=1S/C25H24FN3O2/c1-15-9-20(26)10-16(2)23(15)25(31)28-13-17-11-19(14-27-12-17)21-6-4-5-18-7-8-22(30)29(3)24(18)21/h4-6,9-12,14H,7-8,13H2,1-3H3,(H,28,31). The quantitative estimate of drug-likeness (QED) is 0.687. The molecule has 4 rings (SSSR count). The molecule has 158 valence electrons. The van der Waals surface area contributed by atoms with Crippen molar-refractivity contribution in [2.24, 2.45) is 0 Å². The summed E-state index contributed by atoms with van der Waals surface area (Å²) in [6.45, 7) is 3.74. The lowest BCUT2D eigenvalue weighted by Gasteiger charge is -2.28. The van der Waals surface area contributed by atoms with Crippen LogP contribution in [0.3, 0.4) is 0 Å². The highest BCUT2D eigenvalue weighted by Gasteiger charge is 2.24. The Morgan fingerprint density at radius 1 is 1.13 bits per heavy atom. The molecule has 0 aliphatic carbocycles. The Bertz CT molecular complexity index is 1170. The first-order valence-corrected chi connectivity index (χ1v) is 10.2. The van der Waals surface area contributed by atoms with Gasteiger partial charge in [-0.25, -0.2) is 4.39 Å². The molecule has 6 heteroatoms. The van der Waals surface area contributed by atoms with Gasteiger partial charge < -0.3 is 10.2 Å². The normalized spacial score (nSPS) is 13.2. The van der Waals surface area contributed by atoms with E-state index in [-0.39, 0.29) is 17.6 Å². The third kappa shape index (κ3) is 4.06. The van der Waals surface area contributed by atoms with Crippen LogP contribution in [-0.2, 0) is 17.8 Å². The van der Waals surface area contributed by atoms with Crippen molar-refractivity contribution in [3.63, 3.8) is 0 Å². The van der Waals surface area contributed by atoms with Crippen LogP contribution in [0.5, 0.6) is 0 Å². The van der Waals surface area contributed by atoms with Crippen LogP contribution >= 0.6 is 0 Å². The van der Waals surface area contributed by atoms with Gasteiger partial charge in [-0.3, -0.25) is 14.6 Å². The predicted octanol–water partition coefficient (Wildman–Crippen LogP) is 4.34. The largest absolute Gasteiger partial charge is 0.348 e. The smallest absolute Gasteiger partial charge is 0.252 e. The minimum Gasteiger partial charge on any atom is -0.348 e. The molecular weight excluding hydrogens is 393 g/mol. The fourth-order valence-corrected chi connectivity index (χ4v) is 4.23. The van der Waals surface area contributed by atoms with E-state index >= 15 is 0 Å². The number of aryl methyl sites for hydroxylation is 3. The highest BCUT2D eigenvalue weighted by atomic mass is 19.1. The molecule has 1 aliphatic heterocycles. The lowest BCUT2D eigenvalue weighted by molar-refractivity contribution is -0.118. The molecule has 0 fully saturated rings. The Morgan fingerprint density at radius 3 is 2.61 bits per heavy atom. The molecule has 31 heavy (non-hydrogen) atoms. The van der Waals surface area contributed by atoms with Crippen LogP contribution in [0.25, 0.3) is 11.1 Å². The first kappa shape index (κ1) is 20.7. The molecule has 2 heterocycles. The number of para-hydroxylation sites is 1. The molecule has 2 amide bonds. The molecule has 0 saturated heterocycles. The van der Waals surface area contributed by atoms with Gasteiger partial charge in [0.1, 0.15) is 5.82 Å². The number of hydrogen-bond acceptors (Lipinski definition) is 3. The number of aromatic nitrogens is 1. The summed E-state index contributed by atoms with van der Waals surface area (Å²) in [5.74, 6) is -0.498. The van der Waals surface area contributed by atoms with Crippen molar-refractivity contribution in [2.75, 3.05) is 11.9 Å². The van der Waals surface area contributed by atoms with Gasteiger partial charge in [0.05, 0.1) is 5.69 Å². The average molecular weight is 417 g/mol. The second-order valence-corrected chi connectivity index (χ2v) is 7.95. The third-order valence-corrected chi connectivity index (χ3v) is 5.72. The van der Waals surface area contributed by atoms with Crippen LogP contribution in [0.1, 0.15) is 39.0 Å². The van der Waals surface area contributed by atoms with E-state index in [1.54, 1.807) is 38.2 Å². The van der Waals surface area contributed by atoms with Crippen LogP contribution in [0, 0.1) is 19.7 Å². The number of pyridine rings is 1. The Balaban J connectivity index is 1.58. The van der Waals surface area contributed by atoms with Crippen LogP contribution in [0.4, 0.5) is 10.1 Å². The topological polar surface area (TPSA) is 62.3 Å². The predicted molar refractivity (Wildman–Crippen MR) is 118 cm³/mol. The number of rotatable bonds is 4. The molecule has 0 atom stereocenters. The summed E-state index contributed by atoms with van der Waals surface area (Å²) in [6.07, 6.45) is 4.71. The highest BCUT2D eigenvalue weighted by molar-refractivity contribution is 6.00. The summed E-state index contributed by atoms with van der Waals surface area (Å²) >= 11 is 0.